The molecule has 0 unspecified atom stereocenters. The fourth-order valence-corrected chi connectivity index (χ4v) is 4.19. The Morgan fingerprint density at radius 1 is 1.04 bits per heavy atom. The number of carbonyl (C=O) groups is 1. The Kier molecular flexibility index (Phi) is 10.7. The van der Waals surface area contributed by atoms with Gasteiger partial charge in [0.15, 0.2) is 0 Å². The van der Waals surface area contributed by atoms with Crippen LogP contribution in [-0.4, -0.2) is 56.6 Å². The lowest BCUT2D eigenvalue weighted by Crippen LogP contribution is -2.47. The van der Waals surface area contributed by atoms with Crippen molar-refractivity contribution >= 4 is 36.3 Å². The van der Waals surface area contributed by atoms with Crippen LogP contribution in [0.2, 0.25) is 0 Å². The van der Waals surface area contributed by atoms with Crippen molar-refractivity contribution in [1.82, 2.24) is 4.90 Å². The maximum atomic E-state index is 13.0. The molecule has 2 fully saturated rings. The Hall–Kier alpha value is -0.810. The predicted octanol–water partition coefficient (Wildman–Crippen LogP) is 4.21. The van der Waals surface area contributed by atoms with Gasteiger partial charge >= 0.3 is 0 Å². The minimum absolute atomic E-state index is 0. The number of hydrogen-bond acceptors (Lipinski definition) is 4. The molecule has 4 nitrogen and oxygen atoms in total. The number of halogens is 2. The first kappa shape index (κ1) is 24.2. The highest BCUT2D eigenvalue weighted by Crippen LogP contribution is 2.39. The van der Waals surface area contributed by atoms with Gasteiger partial charge in [-0.3, -0.25) is 9.69 Å². The molecule has 0 aliphatic carbocycles. The van der Waals surface area contributed by atoms with Crippen molar-refractivity contribution in [2.45, 2.75) is 39.0 Å². The second kappa shape index (κ2) is 11.9. The number of anilines is 1. The van der Waals surface area contributed by atoms with Crippen LogP contribution in [0.5, 0.6) is 0 Å². The molecule has 0 aromatic heterocycles. The standard InChI is InChI=1S/C21H32N2O2.2ClH/c1-2-6-20(24)21(9-12-22-15-17-25-18-16-22)10-13-23(14-11-21)19-7-4-3-5-8-19;;/h3-5,7-8H,2,6,9-18H2,1H3;2*1H. The molecule has 0 bridgehead atoms. The van der Waals surface area contributed by atoms with Gasteiger partial charge in [-0.1, -0.05) is 25.1 Å². The van der Waals surface area contributed by atoms with Gasteiger partial charge in [-0.25, -0.2) is 0 Å². The summed E-state index contributed by atoms with van der Waals surface area (Å²) < 4.78 is 5.45. The van der Waals surface area contributed by atoms with Crippen molar-refractivity contribution in [3.63, 3.8) is 0 Å². The quantitative estimate of drug-likeness (QED) is 0.666. The van der Waals surface area contributed by atoms with Crippen molar-refractivity contribution in [1.29, 1.82) is 0 Å². The van der Waals surface area contributed by atoms with Crippen molar-refractivity contribution in [2.24, 2.45) is 5.41 Å². The largest absolute Gasteiger partial charge is 0.379 e. The normalized spacial score (nSPS) is 19.7. The summed E-state index contributed by atoms with van der Waals surface area (Å²) in [4.78, 5) is 17.9. The summed E-state index contributed by atoms with van der Waals surface area (Å²) in [6.07, 6.45) is 4.68. The molecule has 2 saturated heterocycles. The third kappa shape index (κ3) is 6.35. The van der Waals surface area contributed by atoms with Crippen LogP contribution in [0.15, 0.2) is 30.3 Å². The Morgan fingerprint density at radius 2 is 1.67 bits per heavy atom. The van der Waals surface area contributed by atoms with Gasteiger partial charge in [0.1, 0.15) is 5.78 Å². The highest BCUT2D eigenvalue weighted by Gasteiger charge is 2.40. The minimum Gasteiger partial charge on any atom is -0.379 e. The average Bonchev–Trinajstić information content (AvgIpc) is 2.68. The van der Waals surface area contributed by atoms with E-state index < -0.39 is 0 Å². The molecule has 0 spiro atoms. The van der Waals surface area contributed by atoms with E-state index >= 15 is 0 Å². The minimum atomic E-state index is -0.112. The maximum absolute atomic E-state index is 13.0. The van der Waals surface area contributed by atoms with Crippen LogP contribution in [-0.2, 0) is 9.53 Å². The number of carbonyl (C=O) groups excluding carboxylic acids is 1. The number of hydrogen-bond donors (Lipinski definition) is 0. The van der Waals surface area contributed by atoms with Gasteiger partial charge in [0.25, 0.3) is 0 Å². The molecular weight excluding hydrogens is 383 g/mol. The summed E-state index contributed by atoms with van der Waals surface area (Å²) >= 11 is 0. The van der Waals surface area contributed by atoms with Gasteiger partial charge in [-0.05, 0) is 44.4 Å². The van der Waals surface area contributed by atoms with Crippen LogP contribution in [0.4, 0.5) is 5.69 Å². The lowest BCUT2D eigenvalue weighted by molar-refractivity contribution is -0.131. The molecule has 154 valence electrons. The van der Waals surface area contributed by atoms with Gasteiger partial charge in [-0.15, -0.1) is 24.8 Å². The number of ether oxygens (including phenoxy) is 1. The molecule has 0 amide bonds. The van der Waals surface area contributed by atoms with Gasteiger partial charge < -0.3 is 9.64 Å². The van der Waals surface area contributed by atoms with E-state index in [9.17, 15) is 4.79 Å². The van der Waals surface area contributed by atoms with E-state index in [1.54, 1.807) is 0 Å². The number of para-hydroxylation sites is 1. The summed E-state index contributed by atoms with van der Waals surface area (Å²) in [6, 6.07) is 10.6. The van der Waals surface area contributed by atoms with E-state index in [1.807, 2.05) is 0 Å². The number of benzene rings is 1. The maximum Gasteiger partial charge on any atom is 0.139 e. The summed E-state index contributed by atoms with van der Waals surface area (Å²) in [5.41, 5.74) is 1.17. The zero-order chi connectivity index (χ0) is 17.5. The second-order valence-electron chi connectivity index (χ2n) is 7.48. The van der Waals surface area contributed by atoms with Gasteiger partial charge in [0, 0.05) is 43.7 Å². The molecule has 1 aromatic rings. The molecule has 2 heterocycles. The molecule has 2 aliphatic heterocycles. The Labute approximate surface area is 176 Å². The molecule has 2 aliphatic rings. The molecule has 1 aromatic carbocycles. The van der Waals surface area contributed by atoms with Crippen LogP contribution in [0, 0.1) is 5.41 Å². The van der Waals surface area contributed by atoms with E-state index in [-0.39, 0.29) is 30.2 Å². The first-order valence-corrected chi connectivity index (χ1v) is 9.87. The number of piperidine rings is 1. The van der Waals surface area contributed by atoms with Crippen molar-refractivity contribution in [2.75, 3.05) is 50.8 Å². The first-order valence-electron chi connectivity index (χ1n) is 9.87. The SMILES string of the molecule is CCCC(=O)C1(CCN2CCOCC2)CCN(c2ccccc2)CC1.Cl.Cl. The summed E-state index contributed by atoms with van der Waals surface area (Å²) in [5, 5.41) is 0. The van der Waals surface area contributed by atoms with Gasteiger partial charge in [0.05, 0.1) is 13.2 Å². The Morgan fingerprint density at radius 3 is 2.26 bits per heavy atom. The highest BCUT2D eigenvalue weighted by atomic mass is 35.5. The van der Waals surface area contributed by atoms with Crippen LogP contribution in [0.3, 0.4) is 0 Å². The topological polar surface area (TPSA) is 32.8 Å². The highest BCUT2D eigenvalue weighted by molar-refractivity contribution is 5.86. The van der Waals surface area contributed by atoms with E-state index in [1.165, 1.54) is 5.69 Å². The number of rotatable bonds is 7. The smallest absolute Gasteiger partial charge is 0.139 e. The molecule has 3 rings (SSSR count). The number of Topliss-reactive ketones (excluding diaryl/α,β-unsaturated/α-hetero) is 1. The van der Waals surface area contributed by atoms with Crippen molar-refractivity contribution in [3.05, 3.63) is 30.3 Å². The monoisotopic (exact) mass is 416 g/mol. The molecule has 0 N–H and O–H groups in total. The summed E-state index contributed by atoms with van der Waals surface area (Å²) in [7, 11) is 0. The number of morpholine rings is 1. The fourth-order valence-electron chi connectivity index (χ4n) is 4.19. The van der Waals surface area contributed by atoms with E-state index in [0.29, 0.717) is 5.78 Å². The van der Waals surface area contributed by atoms with E-state index in [2.05, 4.69) is 47.1 Å². The molecule has 6 heteroatoms. The van der Waals surface area contributed by atoms with Gasteiger partial charge in [-0.2, -0.15) is 0 Å². The summed E-state index contributed by atoms with van der Waals surface area (Å²) in [6.45, 7) is 8.81. The number of nitrogens with zero attached hydrogens (tertiary/aromatic N) is 2. The predicted molar refractivity (Wildman–Crippen MR) is 117 cm³/mol. The van der Waals surface area contributed by atoms with Crippen LogP contribution in [0.25, 0.3) is 0 Å². The van der Waals surface area contributed by atoms with Gasteiger partial charge in [0.2, 0.25) is 0 Å². The molecule has 0 saturated carbocycles. The zero-order valence-corrected chi connectivity index (χ0v) is 18.0. The third-order valence-corrected chi connectivity index (χ3v) is 5.92. The molecule has 0 radical (unpaired) electrons. The third-order valence-electron chi connectivity index (χ3n) is 5.92. The van der Waals surface area contributed by atoms with Crippen molar-refractivity contribution in [3.8, 4) is 0 Å². The Balaban J connectivity index is 0.00000182. The summed E-state index contributed by atoms with van der Waals surface area (Å²) in [5.74, 6) is 0.496. The first-order chi connectivity index (χ1) is 12.2. The average molecular weight is 417 g/mol. The molecular formula is C21H34Cl2N2O2. The second-order valence-corrected chi connectivity index (χ2v) is 7.48. The number of ketones is 1. The fraction of sp³-hybridized carbons (Fsp3) is 0.667. The lowest BCUT2D eigenvalue weighted by Gasteiger charge is -2.43. The van der Waals surface area contributed by atoms with Crippen LogP contribution >= 0.6 is 24.8 Å². The lowest BCUT2D eigenvalue weighted by atomic mass is 9.71. The zero-order valence-electron chi connectivity index (χ0n) is 16.4. The van der Waals surface area contributed by atoms with E-state index in [4.69, 9.17) is 4.74 Å². The van der Waals surface area contributed by atoms with Crippen molar-refractivity contribution < 1.29 is 9.53 Å². The Bertz CT molecular complexity index is 542. The molecule has 27 heavy (non-hydrogen) atoms. The molecule has 0 atom stereocenters. The van der Waals surface area contributed by atoms with E-state index in [0.717, 1.165) is 78.0 Å². The van der Waals surface area contributed by atoms with Crippen LogP contribution in [0.1, 0.15) is 39.0 Å². The van der Waals surface area contributed by atoms with Crippen LogP contribution < -0.4 is 4.90 Å².